The third kappa shape index (κ3) is 8.19. The van der Waals surface area contributed by atoms with Crippen LogP contribution in [0.4, 0.5) is 4.79 Å². The topological polar surface area (TPSA) is 174 Å². The molecule has 3 amide bonds. The molecule has 2 saturated carbocycles. The van der Waals surface area contributed by atoms with Gasteiger partial charge in [0.15, 0.2) is 0 Å². The van der Waals surface area contributed by atoms with Crippen molar-refractivity contribution in [3.63, 3.8) is 0 Å². The Kier molecular flexibility index (Phi) is 10.9. The molecular formula is C32H53N7O7. The van der Waals surface area contributed by atoms with E-state index in [9.17, 15) is 24.3 Å². The molecule has 0 aromatic rings. The van der Waals surface area contributed by atoms with Gasteiger partial charge in [0.25, 0.3) is 0 Å². The van der Waals surface area contributed by atoms with Crippen LogP contribution in [0.2, 0.25) is 0 Å². The van der Waals surface area contributed by atoms with Crippen LogP contribution in [0.3, 0.4) is 0 Å². The van der Waals surface area contributed by atoms with Crippen LogP contribution in [-0.4, -0.2) is 93.7 Å². The Balaban J connectivity index is 1.33. The summed E-state index contributed by atoms with van der Waals surface area (Å²) in [6.45, 7) is 8.22. The molecule has 0 aromatic carbocycles. The monoisotopic (exact) mass is 647 g/mol. The first-order valence-corrected chi connectivity index (χ1v) is 17.1. The van der Waals surface area contributed by atoms with Crippen molar-refractivity contribution in [3.8, 4) is 0 Å². The molecule has 5 rings (SSSR count). The van der Waals surface area contributed by atoms with Crippen LogP contribution in [0.15, 0.2) is 12.2 Å². The van der Waals surface area contributed by atoms with E-state index in [1.54, 1.807) is 20.8 Å². The fraction of sp³-hybridized carbons (Fsp3) is 0.812. The number of carboxylic acid groups (broad SMARTS) is 1. The van der Waals surface area contributed by atoms with E-state index in [-0.39, 0.29) is 37.0 Å². The summed E-state index contributed by atoms with van der Waals surface area (Å²) < 4.78 is 11.3. The molecule has 4 fully saturated rings. The minimum atomic E-state index is -1.38. The average Bonchev–Trinajstić information content (AvgIpc) is 3.31. The van der Waals surface area contributed by atoms with Crippen LogP contribution < -0.4 is 27.0 Å². The number of alkyl carbamates (subject to hydrolysis) is 1. The number of rotatable bonds is 6. The van der Waals surface area contributed by atoms with E-state index in [1.165, 1.54) is 4.90 Å². The minimum absolute atomic E-state index is 0.0268. The molecule has 3 heterocycles. The molecule has 0 aromatic heterocycles. The molecule has 14 heteroatoms. The van der Waals surface area contributed by atoms with Crippen molar-refractivity contribution in [2.75, 3.05) is 13.2 Å². The molecule has 0 radical (unpaired) electrons. The SMILES string of the molecule is CCOC1CCC(C2NNN([C@H]3C[C@H]4C(=O)N[C@@]5(C(=O)O)C[C@H]5/C=C\CCCCC[C@@H](NC(=O)OC(C)(C)C)C(=O)N4C3)N2)CC1. The van der Waals surface area contributed by atoms with Crippen molar-refractivity contribution < 1.29 is 33.8 Å². The van der Waals surface area contributed by atoms with Gasteiger partial charge >= 0.3 is 12.1 Å². The lowest BCUT2D eigenvalue weighted by Gasteiger charge is -2.32. The summed E-state index contributed by atoms with van der Waals surface area (Å²) >= 11 is 0. The predicted octanol–water partition coefficient (Wildman–Crippen LogP) is 2.08. The van der Waals surface area contributed by atoms with Crippen LogP contribution in [0.1, 0.15) is 98.3 Å². The maximum atomic E-state index is 14.2. The first kappa shape index (κ1) is 34.6. The largest absolute Gasteiger partial charge is 0.479 e. The number of amides is 3. The summed E-state index contributed by atoms with van der Waals surface area (Å²) in [5.74, 6) is -1.88. The highest BCUT2D eigenvalue weighted by Gasteiger charge is 2.61. The van der Waals surface area contributed by atoms with E-state index in [4.69, 9.17) is 9.47 Å². The number of allylic oxidation sites excluding steroid dienone is 1. The van der Waals surface area contributed by atoms with Gasteiger partial charge in [-0.15, -0.1) is 0 Å². The fourth-order valence-electron chi connectivity index (χ4n) is 7.31. The maximum Gasteiger partial charge on any atom is 0.408 e. The lowest BCUT2D eigenvalue weighted by atomic mass is 9.85. The number of fused-ring (bicyclic) bond motifs is 2. The van der Waals surface area contributed by atoms with Gasteiger partial charge in [0.05, 0.1) is 18.3 Å². The van der Waals surface area contributed by atoms with Gasteiger partial charge in [0.1, 0.15) is 23.2 Å². The van der Waals surface area contributed by atoms with Crippen LogP contribution in [0, 0.1) is 11.8 Å². The minimum Gasteiger partial charge on any atom is -0.479 e. The van der Waals surface area contributed by atoms with Crippen LogP contribution in [-0.2, 0) is 23.9 Å². The molecule has 6 N–H and O–H groups in total. The van der Waals surface area contributed by atoms with Crippen LogP contribution in [0.25, 0.3) is 0 Å². The molecule has 0 spiro atoms. The number of carbonyl (C=O) groups excluding carboxylic acids is 3. The zero-order valence-corrected chi connectivity index (χ0v) is 27.7. The molecule has 1 unspecified atom stereocenters. The molecule has 6 atom stereocenters. The van der Waals surface area contributed by atoms with E-state index in [0.29, 0.717) is 31.3 Å². The number of aliphatic carboxylic acids is 1. The molecule has 258 valence electrons. The number of ether oxygens (including phenoxy) is 2. The summed E-state index contributed by atoms with van der Waals surface area (Å²) in [6, 6.07) is -2.11. The highest BCUT2D eigenvalue weighted by Crippen LogP contribution is 2.45. The van der Waals surface area contributed by atoms with E-state index in [0.717, 1.165) is 51.6 Å². The maximum absolute atomic E-state index is 14.2. The van der Waals surface area contributed by atoms with Gasteiger partial charge in [-0.3, -0.25) is 9.59 Å². The number of carboxylic acids is 1. The third-order valence-corrected chi connectivity index (χ3v) is 9.90. The molecule has 3 aliphatic heterocycles. The molecule has 5 aliphatic rings. The number of nitrogens with zero attached hydrogens (tertiary/aromatic N) is 2. The lowest BCUT2D eigenvalue weighted by Crippen LogP contribution is -2.56. The van der Waals surface area contributed by atoms with Gasteiger partial charge in [0.2, 0.25) is 11.8 Å². The average molecular weight is 648 g/mol. The van der Waals surface area contributed by atoms with Crippen molar-refractivity contribution in [1.82, 2.24) is 37.0 Å². The number of hydrogen-bond donors (Lipinski definition) is 6. The molecular weight excluding hydrogens is 594 g/mol. The second-order valence-electron chi connectivity index (χ2n) is 14.5. The quantitative estimate of drug-likeness (QED) is 0.233. The smallest absolute Gasteiger partial charge is 0.408 e. The Bertz CT molecular complexity index is 1150. The van der Waals surface area contributed by atoms with Crippen molar-refractivity contribution in [2.24, 2.45) is 11.8 Å². The number of hydrogen-bond acceptors (Lipinski definition) is 10. The zero-order valence-electron chi connectivity index (χ0n) is 27.7. The Morgan fingerprint density at radius 2 is 1.87 bits per heavy atom. The third-order valence-electron chi connectivity index (χ3n) is 9.90. The van der Waals surface area contributed by atoms with Crippen molar-refractivity contribution in [2.45, 2.75) is 140 Å². The molecule has 2 aliphatic carbocycles. The first-order valence-electron chi connectivity index (χ1n) is 17.1. The standard InChI is InChI=1S/C32H53N7O7/c1-5-45-23-15-13-20(14-16-23)26-35-37-39(36-26)22-17-25-27(40)34-32(29(42)43)18-21(32)11-9-7-6-8-10-12-24(28(41)38(25)19-22)33-30(44)46-31(2,3)4/h9,11,20-26,35-37H,5-8,10,12-19H2,1-4H3,(H,33,44)(H,34,40)(H,42,43)/b11-9-/t20?,21-,22+,23?,24-,25+,26?,32+/m1/s1. The number of nitrogens with one attached hydrogen (secondary N) is 5. The number of carbonyl (C=O) groups is 4. The Hall–Kier alpha value is -2.78. The van der Waals surface area contributed by atoms with Crippen molar-refractivity contribution >= 4 is 23.9 Å². The first-order chi connectivity index (χ1) is 21.9. The summed E-state index contributed by atoms with van der Waals surface area (Å²) in [6.07, 6.45) is 11.6. The Labute approximate surface area is 271 Å². The zero-order chi connectivity index (χ0) is 33.1. The second-order valence-corrected chi connectivity index (χ2v) is 14.5. The Morgan fingerprint density at radius 3 is 2.57 bits per heavy atom. The van der Waals surface area contributed by atoms with Crippen LogP contribution >= 0.6 is 0 Å². The van der Waals surface area contributed by atoms with Gasteiger partial charge in [-0.2, -0.15) is 10.7 Å². The second kappa shape index (κ2) is 14.5. The van der Waals surface area contributed by atoms with Crippen molar-refractivity contribution in [1.29, 1.82) is 0 Å². The predicted molar refractivity (Wildman–Crippen MR) is 168 cm³/mol. The lowest BCUT2D eigenvalue weighted by molar-refractivity contribution is -0.145. The normalized spacial score (nSPS) is 36.9. The van der Waals surface area contributed by atoms with Gasteiger partial charge in [0, 0.05) is 19.1 Å². The molecule has 14 nitrogen and oxygen atoms in total. The molecule has 2 saturated heterocycles. The summed E-state index contributed by atoms with van der Waals surface area (Å²) in [5, 5.41) is 17.5. The van der Waals surface area contributed by atoms with Gasteiger partial charge in [-0.05, 0) is 91.4 Å². The van der Waals surface area contributed by atoms with E-state index < -0.39 is 41.2 Å². The summed E-state index contributed by atoms with van der Waals surface area (Å²) in [4.78, 5) is 54.9. The summed E-state index contributed by atoms with van der Waals surface area (Å²) in [5.41, 5.74) is 7.93. The van der Waals surface area contributed by atoms with E-state index in [2.05, 4.69) is 27.0 Å². The fourth-order valence-corrected chi connectivity index (χ4v) is 7.31. The highest BCUT2D eigenvalue weighted by molar-refractivity contribution is 5.96. The van der Waals surface area contributed by atoms with E-state index >= 15 is 0 Å². The van der Waals surface area contributed by atoms with Crippen molar-refractivity contribution in [3.05, 3.63) is 12.2 Å². The molecule has 0 bridgehead atoms. The van der Waals surface area contributed by atoms with Gasteiger partial charge in [-0.1, -0.05) is 25.0 Å². The summed E-state index contributed by atoms with van der Waals surface area (Å²) in [7, 11) is 0. The van der Waals surface area contributed by atoms with Gasteiger partial charge < -0.3 is 30.1 Å². The van der Waals surface area contributed by atoms with Gasteiger partial charge in [-0.25, -0.2) is 20.4 Å². The Morgan fingerprint density at radius 1 is 1.11 bits per heavy atom. The number of hydrazine groups is 3. The molecule has 46 heavy (non-hydrogen) atoms. The van der Waals surface area contributed by atoms with Crippen LogP contribution in [0.5, 0.6) is 0 Å². The highest BCUT2D eigenvalue weighted by atomic mass is 16.6. The van der Waals surface area contributed by atoms with E-state index in [1.807, 2.05) is 24.2 Å².